The van der Waals surface area contributed by atoms with Gasteiger partial charge in [-0.1, -0.05) is 12.2 Å². The molecule has 0 aromatic rings. The summed E-state index contributed by atoms with van der Waals surface area (Å²) in [6, 6.07) is 0. The Kier molecular flexibility index (Phi) is 2.43. The van der Waals surface area contributed by atoms with Crippen LogP contribution in [0.3, 0.4) is 0 Å². The lowest BCUT2D eigenvalue weighted by Gasteiger charge is -2.21. The molecular weight excluding hydrogens is 132 g/mol. The first-order valence-corrected chi connectivity index (χ1v) is 3.38. The lowest BCUT2D eigenvalue weighted by atomic mass is 10.2. The van der Waals surface area contributed by atoms with Gasteiger partial charge in [-0.2, -0.15) is 0 Å². The van der Waals surface area contributed by atoms with Crippen molar-refractivity contribution in [1.82, 2.24) is 0 Å². The van der Waals surface area contributed by atoms with Gasteiger partial charge >= 0.3 is 0 Å². The highest BCUT2D eigenvalue weighted by Crippen LogP contribution is 2.10. The molecule has 0 unspecified atom stereocenters. The third-order valence-electron chi connectivity index (χ3n) is 1.37. The highest BCUT2D eigenvalue weighted by Gasteiger charge is 2.18. The van der Waals surface area contributed by atoms with Gasteiger partial charge in [-0.05, 0) is 13.8 Å². The van der Waals surface area contributed by atoms with Gasteiger partial charge in [0, 0.05) is 0 Å². The Labute approximate surface area is 60.2 Å². The average molecular weight is 144 g/mol. The molecule has 10 heavy (non-hydrogen) atoms. The van der Waals surface area contributed by atoms with E-state index in [4.69, 9.17) is 14.9 Å². The van der Waals surface area contributed by atoms with Gasteiger partial charge in [0.1, 0.15) is 12.2 Å². The third-order valence-corrected chi connectivity index (χ3v) is 1.37. The zero-order chi connectivity index (χ0) is 7.56. The summed E-state index contributed by atoms with van der Waals surface area (Å²) in [4.78, 5) is 9.62. The van der Waals surface area contributed by atoms with Crippen molar-refractivity contribution in [2.45, 2.75) is 32.2 Å². The van der Waals surface area contributed by atoms with Gasteiger partial charge in [-0.25, -0.2) is 9.78 Å². The lowest BCUT2D eigenvalue weighted by molar-refractivity contribution is -0.346. The predicted molar refractivity (Wildman–Crippen MR) is 36.2 cm³/mol. The second-order valence-corrected chi connectivity index (χ2v) is 2.49. The van der Waals surface area contributed by atoms with Crippen LogP contribution < -0.4 is 0 Å². The molecule has 1 N–H and O–H groups in total. The highest BCUT2D eigenvalue weighted by molar-refractivity contribution is 4.96. The second kappa shape index (κ2) is 3.14. The van der Waals surface area contributed by atoms with E-state index in [0.717, 1.165) is 0 Å². The molecule has 0 bridgehead atoms. The van der Waals surface area contributed by atoms with Crippen molar-refractivity contribution in [2.24, 2.45) is 0 Å². The van der Waals surface area contributed by atoms with Crippen LogP contribution in [0.15, 0.2) is 12.2 Å². The van der Waals surface area contributed by atoms with E-state index in [2.05, 4.69) is 0 Å². The highest BCUT2D eigenvalue weighted by atomic mass is 17.2. The van der Waals surface area contributed by atoms with Crippen LogP contribution in [0.2, 0.25) is 0 Å². The van der Waals surface area contributed by atoms with Crippen molar-refractivity contribution in [3.8, 4) is 0 Å². The van der Waals surface area contributed by atoms with Gasteiger partial charge in [-0.3, -0.25) is 0 Å². The van der Waals surface area contributed by atoms with Crippen LogP contribution in [0.1, 0.15) is 13.8 Å². The maximum absolute atomic E-state index is 9.01. The normalized spacial score (nSPS) is 35.9. The van der Waals surface area contributed by atoms with Crippen LogP contribution in [-0.4, -0.2) is 23.4 Å². The fourth-order valence-electron chi connectivity index (χ4n) is 0.723. The number of hydrogen-bond acceptors (Lipinski definition) is 3. The molecule has 0 radical (unpaired) electrons. The molecule has 58 valence electrons. The summed E-state index contributed by atoms with van der Waals surface area (Å²) in [5.41, 5.74) is 0. The van der Waals surface area contributed by atoms with E-state index in [-0.39, 0.29) is 12.2 Å². The fraction of sp³-hybridized carbons (Fsp3) is 0.714. The first kappa shape index (κ1) is 7.72. The van der Waals surface area contributed by atoms with E-state index in [0.29, 0.717) is 0 Å². The molecular formula is C7H12O3. The summed E-state index contributed by atoms with van der Waals surface area (Å²) in [6.07, 6.45) is 2.84. The predicted octanol–water partition coefficient (Wildman–Crippen LogP) is 0.642. The maximum atomic E-state index is 9.01. The van der Waals surface area contributed by atoms with Gasteiger partial charge in [0.2, 0.25) is 0 Å². The summed E-state index contributed by atoms with van der Waals surface area (Å²) in [7, 11) is 0. The molecule has 0 amide bonds. The molecule has 1 heterocycles. The van der Waals surface area contributed by atoms with Crippen molar-refractivity contribution in [1.29, 1.82) is 0 Å². The molecule has 0 aromatic carbocycles. The van der Waals surface area contributed by atoms with Crippen LogP contribution in [0.5, 0.6) is 0 Å². The van der Waals surface area contributed by atoms with E-state index in [9.17, 15) is 0 Å². The van der Waals surface area contributed by atoms with Crippen molar-refractivity contribution < 1.29 is 14.9 Å². The lowest BCUT2D eigenvalue weighted by Crippen LogP contribution is -2.29. The molecule has 3 heteroatoms. The Bertz CT molecular complexity index is 131. The Morgan fingerprint density at radius 2 is 2.10 bits per heavy atom. The summed E-state index contributed by atoms with van der Waals surface area (Å²) < 4.78 is 0. The number of hydrogen-bond donors (Lipinski definition) is 1. The minimum atomic E-state index is -0.510. The van der Waals surface area contributed by atoms with Crippen LogP contribution in [0.4, 0.5) is 0 Å². The standard InChI is InChI=1S/C7H12O3/c1-5-3-4-7(6(2)8)10-9-5/h3-8H,1-2H3/t5-,6-,7-/m1/s1. The third kappa shape index (κ3) is 1.80. The zero-order valence-corrected chi connectivity index (χ0v) is 6.15. The van der Waals surface area contributed by atoms with Crippen molar-refractivity contribution >= 4 is 0 Å². The summed E-state index contributed by atoms with van der Waals surface area (Å²) in [6.45, 7) is 3.53. The Hall–Kier alpha value is -0.380. The van der Waals surface area contributed by atoms with E-state index in [1.165, 1.54) is 0 Å². The number of aliphatic hydroxyl groups excluding tert-OH is 1. The molecule has 0 saturated heterocycles. The molecule has 0 aromatic heterocycles. The molecule has 1 aliphatic heterocycles. The molecule has 3 atom stereocenters. The minimum Gasteiger partial charge on any atom is -0.390 e. The second-order valence-electron chi connectivity index (χ2n) is 2.49. The molecule has 0 spiro atoms. The van der Waals surface area contributed by atoms with E-state index in [1.54, 1.807) is 13.0 Å². The minimum absolute atomic E-state index is 0.00463. The zero-order valence-electron chi connectivity index (χ0n) is 6.15. The number of rotatable bonds is 1. The first-order valence-electron chi connectivity index (χ1n) is 3.38. The fourth-order valence-corrected chi connectivity index (χ4v) is 0.723. The molecule has 0 saturated carbocycles. The molecule has 0 fully saturated rings. The largest absolute Gasteiger partial charge is 0.390 e. The maximum Gasteiger partial charge on any atom is 0.137 e. The van der Waals surface area contributed by atoms with E-state index in [1.807, 2.05) is 13.0 Å². The van der Waals surface area contributed by atoms with Crippen molar-refractivity contribution in [3.05, 3.63) is 12.2 Å². The topological polar surface area (TPSA) is 38.7 Å². The van der Waals surface area contributed by atoms with Gasteiger partial charge in [0.15, 0.2) is 0 Å². The van der Waals surface area contributed by atoms with Gasteiger partial charge in [0.25, 0.3) is 0 Å². The molecule has 3 nitrogen and oxygen atoms in total. The molecule has 0 aliphatic carbocycles. The quantitative estimate of drug-likeness (QED) is 0.433. The van der Waals surface area contributed by atoms with Crippen molar-refractivity contribution in [2.75, 3.05) is 0 Å². The molecule has 1 rings (SSSR count). The summed E-state index contributed by atoms with van der Waals surface area (Å²) in [5, 5.41) is 9.01. The summed E-state index contributed by atoms with van der Waals surface area (Å²) in [5.74, 6) is 0. The molecule has 1 aliphatic rings. The smallest absolute Gasteiger partial charge is 0.137 e. The van der Waals surface area contributed by atoms with Crippen LogP contribution in [0.25, 0.3) is 0 Å². The van der Waals surface area contributed by atoms with E-state index >= 15 is 0 Å². The monoisotopic (exact) mass is 144 g/mol. The average Bonchev–Trinajstić information content (AvgIpc) is 1.88. The summed E-state index contributed by atoms with van der Waals surface area (Å²) >= 11 is 0. The van der Waals surface area contributed by atoms with Crippen LogP contribution >= 0.6 is 0 Å². The van der Waals surface area contributed by atoms with Gasteiger partial charge in [0.05, 0.1) is 6.10 Å². The number of aliphatic hydroxyl groups is 1. The Balaban J connectivity index is 2.45. The van der Waals surface area contributed by atoms with Gasteiger partial charge in [-0.15, -0.1) is 0 Å². The van der Waals surface area contributed by atoms with Crippen LogP contribution in [0, 0.1) is 0 Å². The van der Waals surface area contributed by atoms with E-state index < -0.39 is 6.10 Å². The van der Waals surface area contributed by atoms with Crippen molar-refractivity contribution in [3.63, 3.8) is 0 Å². The Morgan fingerprint density at radius 3 is 2.50 bits per heavy atom. The first-order chi connectivity index (χ1) is 4.70. The van der Waals surface area contributed by atoms with Crippen LogP contribution in [-0.2, 0) is 9.78 Å². The Morgan fingerprint density at radius 1 is 1.40 bits per heavy atom. The van der Waals surface area contributed by atoms with Gasteiger partial charge < -0.3 is 5.11 Å². The SMILES string of the molecule is C[C@@H]1C=C[C@H]([C@@H](C)O)OO1.